The Bertz CT molecular complexity index is 492. The molecule has 0 aliphatic heterocycles. The zero-order valence-electron chi connectivity index (χ0n) is 12.1. The first-order valence-electron chi connectivity index (χ1n) is 6.41. The molecule has 0 aliphatic rings. The van der Waals surface area contributed by atoms with E-state index in [0.29, 0.717) is 13.0 Å². The van der Waals surface area contributed by atoms with Crippen molar-refractivity contribution in [1.29, 1.82) is 0 Å². The topological polar surface area (TPSA) is 70.2 Å². The molecule has 0 aromatic carbocycles. The molecule has 118 valence electrons. The molecule has 1 amide bonds. The maximum absolute atomic E-state index is 12.8. The van der Waals surface area contributed by atoms with Gasteiger partial charge >= 0.3 is 6.18 Å². The van der Waals surface area contributed by atoms with E-state index in [1.165, 1.54) is 25.1 Å². The molecule has 0 fully saturated rings. The molecule has 1 aromatic rings. The third kappa shape index (κ3) is 4.76. The Labute approximate surface area is 120 Å². The van der Waals surface area contributed by atoms with E-state index in [4.69, 9.17) is 0 Å². The fraction of sp³-hybridized carbons (Fsp3) is 0.583. The van der Waals surface area contributed by atoms with Crippen molar-refractivity contribution in [3.8, 4) is 0 Å². The fourth-order valence-corrected chi connectivity index (χ4v) is 1.65. The summed E-state index contributed by atoms with van der Waals surface area (Å²) in [5.41, 5.74) is 0. The molecule has 1 rings (SSSR count). The van der Waals surface area contributed by atoms with Crippen LogP contribution in [0.4, 0.5) is 24.8 Å². The molecular formula is C12H18F3N5O. The van der Waals surface area contributed by atoms with Gasteiger partial charge in [0.1, 0.15) is 11.6 Å². The number of hydrogen-bond acceptors (Lipinski definition) is 5. The molecule has 0 bridgehead atoms. The lowest BCUT2D eigenvalue weighted by atomic mass is 10.3. The van der Waals surface area contributed by atoms with E-state index < -0.39 is 12.0 Å². The molecule has 1 heterocycles. The number of halogens is 3. The minimum atomic E-state index is -4.65. The summed E-state index contributed by atoms with van der Waals surface area (Å²) in [6, 6.07) is 1.38. The van der Waals surface area contributed by atoms with Crippen LogP contribution in [0.5, 0.6) is 0 Å². The molecule has 0 saturated heterocycles. The van der Waals surface area contributed by atoms with Gasteiger partial charge in [0, 0.05) is 26.7 Å². The van der Waals surface area contributed by atoms with E-state index in [9.17, 15) is 18.0 Å². The summed E-state index contributed by atoms with van der Waals surface area (Å²) in [5.74, 6) is -1.43. The number of likely N-dealkylation sites (N-methyl/N-ethyl adjacent to an activating group) is 1. The molecular weight excluding hydrogens is 287 g/mol. The van der Waals surface area contributed by atoms with E-state index in [1.54, 1.807) is 0 Å². The summed E-state index contributed by atoms with van der Waals surface area (Å²) in [7, 11) is 2.93. The lowest BCUT2D eigenvalue weighted by molar-refractivity contribution is -0.144. The third-order valence-electron chi connectivity index (χ3n) is 2.65. The first-order chi connectivity index (χ1) is 9.81. The second-order valence-electron chi connectivity index (χ2n) is 4.28. The Morgan fingerprint density at radius 1 is 1.33 bits per heavy atom. The molecule has 2 N–H and O–H groups in total. The van der Waals surface area contributed by atoms with Crippen molar-refractivity contribution in [3.63, 3.8) is 0 Å². The molecule has 6 nitrogen and oxygen atoms in total. The predicted octanol–water partition coefficient (Wildman–Crippen LogP) is 1.50. The highest BCUT2D eigenvalue weighted by molar-refractivity contribution is 5.80. The molecule has 0 spiro atoms. The smallest absolute Gasteiger partial charge is 0.373 e. The molecule has 9 heteroatoms. The summed E-state index contributed by atoms with van der Waals surface area (Å²) in [4.78, 5) is 19.9. The minimum absolute atomic E-state index is 0.0466. The van der Waals surface area contributed by atoms with Crippen LogP contribution in [0.1, 0.15) is 19.2 Å². The number of nitrogens with one attached hydrogen (secondary N) is 2. The van der Waals surface area contributed by atoms with Crippen molar-refractivity contribution in [1.82, 2.24) is 15.3 Å². The molecule has 1 aromatic heterocycles. The van der Waals surface area contributed by atoms with Crippen LogP contribution in [0.15, 0.2) is 6.07 Å². The Hall–Kier alpha value is -2.06. The van der Waals surface area contributed by atoms with E-state index in [0.717, 1.165) is 0 Å². The number of rotatable bonds is 6. The number of nitrogens with zero attached hydrogens (tertiary/aromatic N) is 3. The number of alkyl halides is 3. The summed E-state index contributed by atoms with van der Waals surface area (Å²) in [6.07, 6.45) is -3.98. The molecule has 0 unspecified atom stereocenters. The van der Waals surface area contributed by atoms with E-state index in [1.807, 2.05) is 6.92 Å². The summed E-state index contributed by atoms with van der Waals surface area (Å²) in [6.45, 7) is 2.20. The maximum Gasteiger partial charge on any atom is 0.451 e. The second-order valence-corrected chi connectivity index (χ2v) is 4.28. The van der Waals surface area contributed by atoms with Gasteiger partial charge in [0.25, 0.3) is 0 Å². The quantitative estimate of drug-likeness (QED) is 0.833. The zero-order chi connectivity index (χ0) is 16.0. The Balaban J connectivity index is 3.20. The fourth-order valence-electron chi connectivity index (χ4n) is 1.65. The summed E-state index contributed by atoms with van der Waals surface area (Å²) >= 11 is 0. The number of hydrogen-bond donors (Lipinski definition) is 2. The van der Waals surface area contributed by atoms with Crippen LogP contribution in [-0.2, 0) is 11.0 Å². The highest BCUT2D eigenvalue weighted by atomic mass is 19.4. The van der Waals surface area contributed by atoms with Crippen molar-refractivity contribution >= 4 is 17.5 Å². The van der Waals surface area contributed by atoms with Crippen LogP contribution >= 0.6 is 0 Å². The highest BCUT2D eigenvalue weighted by Crippen LogP contribution is 2.29. The van der Waals surface area contributed by atoms with Gasteiger partial charge in [0.05, 0.1) is 6.54 Å². The van der Waals surface area contributed by atoms with E-state index in [-0.39, 0.29) is 24.1 Å². The van der Waals surface area contributed by atoms with Gasteiger partial charge in [-0.15, -0.1) is 0 Å². The van der Waals surface area contributed by atoms with Gasteiger partial charge in [-0.2, -0.15) is 13.2 Å². The number of amides is 1. The average Bonchev–Trinajstić information content (AvgIpc) is 2.45. The zero-order valence-corrected chi connectivity index (χ0v) is 12.1. The van der Waals surface area contributed by atoms with Gasteiger partial charge < -0.3 is 15.5 Å². The lowest BCUT2D eigenvalue weighted by Gasteiger charge is -2.23. The van der Waals surface area contributed by atoms with Gasteiger partial charge in [-0.3, -0.25) is 4.79 Å². The van der Waals surface area contributed by atoms with Crippen molar-refractivity contribution in [2.24, 2.45) is 0 Å². The second kappa shape index (κ2) is 7.09. The van der Waals surface area contributed by atoms with Gasteiger partial charge in [0.15, 0.2) is 0 Å². The number of carbonyl (C=O) groups is 1. The predicted molar refractivity (Wildman–Crippen MR) is 73.2 cm³/mol. The number of aromatic nitrogens is 2. The van der Waals surface area contributed by atoms with Crippen LogP contribution in [0.25, 0.3) is 0 Å². The normalized spacial score (nSPS) is 11.1. The molecule has 0 radical (unpaired) electrons. The molecule has 0 atom stereocenters. The maximum atomic E-state index is 12.8. The van der Waals surface area contributed by atoms with Crippen molar-refractivity contribution in [2.75, 3.05) is 37.4 Å². The first-order valence-corrected chi connectivity index (χ1v) is 6.41. The lowest BCUT2D eigenvalue weighted by Crippen LogP contribution is -2.37. The average molecular weight is 305 g/mol. The van der Waals surface area contributed by atoms with Crippen LogP contribution in [0.2, 0.25) is 0 Å². The molecule has 0 saturated carbocycles. The van der Waals surface area contributed by atoms with Gasteiger partial charge in [0.2, 0.25) is 11.7 Å². The summed E-state index contributed by atoms with van der Waals surface area (Å²) < 4.78 is 38.4. The van der Waals surface area contributed by atoms with Crippen LogP contribution in [0, 0.1) is 0 Å². The van der Waals surface area contributed by atoms with E-state index >= 15 is 0 Å². The van der Waals surface area contributed by atoms with Crippen molar-refractivity contribution in [3.05, 3.63) is 11.9 Å². The highest BCUT2D eigenvalue weighted by Gasteiger charge is 2.36. The van der Waals surface area contributed by atoms with Gasteiger partial charge in [-0.1, -0.05) is 6.92 Å². The number of carbonyl (C=O) groups excluding carboxylic acids is 1. The Morgan fingerprint density at radius 2 is 2.00 bits per heavy atom. The number of anilines is 2. The molecule has 21 heavy (non-hydrogen) atoms. The molecule has 0 aliphatic carbocycles. The largest absolute Gasteiger partial charge is 0.451 e. The van der Waals surface area contributed by atoms with Crippen molar-refractivity contribution < 1.29 is 18.0 Å². The minimum Gasteiger partial charge on any atom is -0.373 e. The van der Waals surface area contributed by atoms with Crippen LogP contribution < -0.4 is 15.5 Å². The van der Waals surface area contributed by atoms with Crippen molar-refractivity contribution in [2.45, 2.75) is 19.5 Å². The van der Waals surface area contributed by atoms with Crippen LogP contribution in [0.3, 0.4) is 0 Å². The third-order valence-corrected chi connectivity index (χ3v) is 2.65. The monoisotopic (exact) mass is 305 g/mol. The SMILES string of the molecule is CCCN(CC(=O)NC)c1cc(NC)nc(C(F)(F)F)n1. The Kier molecular flexibility index (Phi) is 5.74. The van der Waals surface area contributed by atoms with Gasteiger partial charge in [-0.05, 0) is 6.42 Å². The summed E-state index contributed by atoms with van der Waals surface area (Å²) in [5, 5.41) is 5.00. The standard InChI is InChI=1S/C12H18F3N5O/c1-4-5-20(7-10(21)17-3)9-6-8(16-2)18-11(19-9)12(13,14)15/h6H,4-5,7H2,1-3H3,(H,17,21)(H,16,18,19). The van der Waals surface area contributed by atoms with E-state index in [2.05, 4.69) is 20.6 Å². The van der Waals surface area contributed by atoms with Crippen LogP contribution in [-0.4, -0.2) is 43.1 Å². The first kappa shape index (κ1) is 17.0. The Morgan fingerprint density at radius 3 is 2.48 bits per heavy atom. The van der Waals surface area contributed by atoms with Gasteiger partial charge in [-0.25, -0.2) is 9.97 Å².